The first-order valence-corrected chi connectivity index (χ1v) is 15.1. The van der Waals surface area contributed by atoms with Gasteiger partial charge in [0, 0.05) is 37.3 Å². The molecule has 7 rings (SSSR count). The number of nitrogens with zero attached hydrogens (tertiary/aromatic N) is 1. The van der Waals surface area contributed by atoms with Crippen molar-refractivity contribution in [3.05, 3.63) is 89.6 Å². The maximum Gasteiger partial charge on any atom is 0.0780 e. The molecule has 0 bridgehead atoms. The lowest BCUT2D eigenvalue weighted by Gasteiger charge is -2.42. The van der Waals surface area contributed by atoms with Crippen LogP contribution in [-0.4, -0.2) is 4.98 Å². The summed E-state index contributed by atoms with van der Waals surface area (Å²) in [6.07, 6.45) is 4.48. The molecule has 0 N–H and O–H groups in total. The summed E-state index contributed by atoms with van der Waals surface area (Å²) in [5.74, 6) is 0. The third-order valence-corrected chi connectivity index (χ3v) is 10.5. The summed E-state index contributed by atoms with van der Waals surface area (Å²) in [4.78, 5) is 4.99. The summed E-state index contributed by atoms with van der Waals surface area (Å²) in [5.41, 5.74) is 7.19. The Morgan fingerprint density at radius 1 is 0.744 bits per heavy atom. The minimum atomic E-state index is 0.0384. The molecule has 0 saturated heterocycles. The van der Waals surface area contributed by atoms with Gasteiger partial charge in [-0.15, -0.1) is 11.3 Å². The van der Waals surface area contributed by atoms with Gasteiger partial charge < -0.3 is 0 Å². The van der Waals surface area contributed by atoms with Crippen LogP contribution in [0.15, 0.2) is 72.9 Å². The Bertz CT molecular complexity index is 1940. The maximum atomic E-state index is 4.99. The SMILES string of the molecule is CC(C)(C)c1cc(-c2nccc3c2ccc2sc4c5c(ccc4c23)C(C)(C)CCC5(C)C)cc2ccccc12. The molecule has 2 heterocycles. The van der Waals surface area contributed by atoms with Gasteiger partial charge in [0.2, 0.25) is 0 Å². The summed E-state index contributed by atoms with van der Waals surface area (Å²) < 4.78 is 2.85. The fraction of sp³-hybridized carbons (Fsp3) is 0.324. The number of aromatic nitrogens is 1. The highest BCUT2D eigenvalue weighted by molar-refractivity contribution is 7.26. The molecule has 39 heavy (non-hydrogen) atoms. The van der Waals surface area contributed by atoms with Crippen LogP contribution in [0.5, 0.6) is 0 Å². The summed E-state index contributed by atoms with van der Waals surface area (Å²) in [6, 6.07) is 25.2. The van der Waals surface area contributed by atoms with Crippen LogP contribution in [-0.2, 0) is 16.2 Å². The number of hydrogen-bond donors (Lipinski definition) is 0. The van der Waals surface area contributed by atoms with Gasteiger partial charge >= 0.3 is 0 Å². The minimum Gasteiger partial charge on any atom is -0.256 e. The van der Waals surface area contributed by atoms with Gasteiger partial charge in [0.05, 0.1) is 5.69 Å². The Labute approximate surface area is 235 Å². The lowest BCUT2D eigenvalue weighted by atomic mass is 9.63. The molecule has 2 aromatic heterocycles. The minimum absolute atomic E-state index is 0.0384. The Morgan fingerprint density at radius 3 is 2.28 bits per heavy atom. The van der Waals surface area contributed by atoms with Crippen LogP contribution in [0.25, 0.3) is 53.0 Å². The van der Waals surface area contributed by atoms with Crippen LogP contribution < -0.4 is 0 Å². The van der Waals surface area contributed by atoms with Gasteiger partial charge in [0.25, 0.3) is 0 Å². The second-order valence-corrected chi connectivity index (χ2v) is 15.0. The monoisotopic (exact) mass is 527 g/mol. The molecule has 0 fully saturated rings. The third kappa shape index (κ3) is 3.68. The largest absolute Gasteiger partial charge is 0.256 e. The van der Waals surface area contributed by atoms with Crippen LogP contribution in [0, 0.1) is 0 Å². The van der Waals surface area contributed by atoms with E-state index in [1.165, 1.54) is 71.2 Å². The Kier molecular flexibility index (Phi) is 5.18. The van der Waals surface area contributed by atoms with E-state index >= 15 is 0 Å². The Balaban J connectivity index is 1.54. The van der Waals surface area contributed by atoms with E-state index in [2.05, 4.69) is 115 Å². The van der Waals surface area contributed by atoms with E-state index in [-0.39, 0.29) is 16.2 Å². The maximum absolute atomic E-state index is 4.99. The van der Waals surface area contributed by atoms with Crippen LogP contribution in [0.4, 0.5) is 0 Å². The summed E-state index contributed by atoms with van der Waals surface area (Å²) in [5, 5.41) is 7.93. The van der Waals surface area contributed by atoms with Crippen molar-refractivity contribution in [2.24, 2.45) is 0 Å². The second-order valence-electron chi connectivity index (χ2n) is 13.9. The fourth-order valence-corrected chi connectivity index (χ4v) is 8.46. The molecule has 0 atom stereocenters. The average Bonchev–Trinajstić information content (AvgIpc) is 3.28. The zero-order valence-corrected chi connectivity index (χ0v) is 25.0. The van der Waals surface area contributed by atoms with Crippen LogP contribution in [0.3, 0.4) is 0 Å². The fourth-order valence-electron chi connectivity index (χ4n) is 7.01. The molecule has 0 amide bonds. The van der Waals surface area contributed by atoms with Crippen molar-refractivity contribution in [1.82, 2.24) is 4.98 Å². The van der Waals surface area contributed by atoms with E-state index in [1.54, 1.807) is 5.56 Å². The van der Waals surface area contributed by atoms with Gasteiger partial charge in [0.1, 0.15) is 0 Å². The first kappa shape index (κ1) is 24.8. The molecule has 0 aliphatic heterocycles. The highest BCUT2D eigenvalue weighted by Crippen LogP contribution is 2.52. The number of pyridine rings is 1. The van der Waals surface area contributed by atoms with Gasteiger partial charge in [-0.2, -0.15) is 0 Å². The smallest absolute Gasteiger partial charge is 0.0780 e. The molecule has 2 heteroatoms. The van der Waals surface area contributed by atoms with E-state index in [1.807, 2.05) is 17.5 Å². The Hall–Kier alpha value is -3.23. The van der Waals surface area contributed by atoms with E-state index in [4.69, 9.17) is 4.98 Å². The van der Waals surface area contributed by atoms with E-state index in [9.17, 15) is 0 Å². The van der Waals surface area contributed by atoms with Gasteiger partial charge in [-0.3, -0.25) is 4.98 Å². The summed E-state index contributed by atoms with van der Waals surface area (Å²) in [7, 11) is 0. The van der Waals surface area contributed by atoms with E-state index < -0.39 is 0 Å². The molecule has 1 nitrogen and oxygen atoms in total. The standard InChI is InChI=1S/C37H37NS/c1-35(2,3)29-21-23(20-22-10-8-9-11-24(22)29)33-26-13-15-30-31(25(26)16-19-38-33)27-12-14-28-32(34(27)39-30)37(6,7)18-17-36(28,4)5/h8-16,19-21H,17-18H2,1-7H3. The van der Waals surface area contributed by atoms with Crippen molar-refractivity contribution in [3.8, 4) is 11.3 Å². The molecule has 0 radical (unpaired) electrons. The lowest BCUT2D eigenvalue weighted by molar-refractivity contribution is 0.335. The predicted molar refractivity (Wildman–Crippen MR) is 172 cm³/mol. The lowest BCUT2D eigenvalue weighted by Crippen LogP contribution is -2.33. The topological polar surface area (TPSA) is 12.9 Å². The third-order valence-electron chi connectivity index (χ3n) is 9.27. The molecule has 0 spiro atoms. The average molecular weight is 528 g/mol. The molecular weight excluding hydrogens is 490 g/mol. The number of thiophene rings is 1. The van der Waals surface area contributed by atoms with Crippen LogP contribution in [0.2, 0.25) is 0 Å². The zero-order chi connectivity index (χ0) is 27.3. The summed E-state index contributed by atoms with van der Waals surface area (Å²) >= 11 is 1.98. The van der Waals surface area contributed by atoms with Crippen LogP contribution in [0.1, 0.15) is 78.0 Å². The molecule has 0 saturated carbocycles. The Morgan fingerprint density at radius 2 is 1.49 bits per heavy atom. The van der Waals surface area contributed by atoms with Crippen molar-refractivity contribution in [1.29, 1.82) is 0 Å². The van der Waals surface area contributed by atoms with Crippen molar-refractivity contribution >= 4 is 53.1 Å². The predicted octanol–water partition coefficient (Wildman–Crippen LogP) is 11.1. The molecule has 196 valence electrons. The first-order chi connectivity index (χ1) is 18.5. The molecule has 1 aliphatic carbocycles. The van der Waals surface area contributed by atoms with Crippen molar-refractivity contribution in [3.63, 3.8) is 0 Å². The van der Waals surface area contributed by atoms with Crippen molar-refractivity contribution < 1.29 is 0 Å². The number of rotatable bonds is 1. The number of fused-ring (bicyclic) bond motifs is 8. The quantitative estimate of drug-likeness (QED) is 0.207. The van der Waals surface area contributed by atoms with Gasteiger partial charge in [-0.25, -0.2) is 0 Å². The number of hydrogen-bond acceptors (Lipinski definition) is 2. The van der Waals surface area contributed by atoms with Gasteiger partial charge in [0.15, 0.2) is 0 Å². The first-order valence-electron chi connectivity index (χ1n) is 14.3. The molecular formula is C37H37NS. The normalized spacial score (nSPS) is 16.8. The molecule has 6 aromatic rings. The van der Waals surface area contributed by atoms with E-state index in [0.29, 0.717) is 0 Å². The highest BCUT2D eigenvalue weighted by Gasteiger charge is 2.38. The van der Waals surface area contributed by atoms with Crippen LogP contribution >= 0.6 is 11.3 Å². The second kappa shape index (κ2) is 8.15. The number of benzene rings is 4. The van der Waals surface area contributed by atoms with Crippen molar-refractivity contribution in [2.45, 2.75) is 77.6 Å². The molecule has 4 aromatic carbocycles. The van der Waals surface area contributed by atoms with Gasteiger partial charge in [-0.1, -0.05) is 90.9 Å². The van der Waals surface area contributed by atoms with Gasteiger partial charge in [-0.05, 0) is 86.2 Å². The van der Waals surface area contributed by atoms with Crippen molar-refractivity contribution in [2.75, 3.05) is 0 Å². The summed E-state index contributed by atoms with van der Waals surface area (Å²) in [6.45, 7) is 16.6. The molecule has 1 aliphatic rings. The van der Waals surface area contributed by atoms with E-state index in [0.717, 1.165) is 5.69 Å². The molecule has 0 unspecified atom stereocenters. The highest BCUT2D eigenvalue weighted by atomic mass is 32.1. The zero-order valence-electron chi connectivity index (χ0n) is 24.2.